The number of nitrogens with one attached hydrogen (secondary N) is 2. The van der Waals surface area contributed by atoms with Crippen LogP contribution in [0.1, 0.15) is 42.9 Å². The first kappa shape index (κ1) is 22.9. The average Bonchev–Trinajstić information content (AvgIpc) is 2.71. The third-order valence-electron chi connectivity index (χ3n) is 4.32. The summed E-state index contributed by atoms with van der Waals surface area (Å²) in [6.45, 7) is 6.61. The number of hydrogen-bond acceptors (Lipinski definition) is 5. The van der Waals surface area contributed by atoms with Crippen LogP contribution in [0.3, 0.4) is 0 Å². The number of methoxy groups -OCH3 is 1. The highest BCUT2D eigenvalue weighted by Gasteiger charge is 2.10. The summed E-state index contributed by atoms with van der Waals surface area (Å²) in [6.07, 6.45) is 3.18. The zero-order chi connectivity index (χ0) is 21.9. The van der Waals surface area contributed by atoms with E-state index < -0.39 is 11.8 Å². The number of anilines is 1. The maximum Gasteiger partial charge on any atom is 0.249 e. The number of aryl methyl sites for hydroxylation is 2. The van der Waals surface area contributed by atoms with Gasteiger partial charge in [-0.15, -0.1) is 0 Å². The Hall–Kier alpha value is -3.35. The number of nitrogens with zero attached hydrogens (tertiary/aromatic N) is 1. The molecule has 0 saturated carbocycles. The van der Waals surface area contributed by atoms with Gasteiger partial charge in [0.05, 0.1) is 19.9 Å². The molecule has 0 unspecified atom stereocenters. The van der Waals surface area contributed by atoms with E-state index in [2.05, 4.69) is 22.8 Å². The molecule has 0 fully saturated rings. The molecule has 0 aliphatic heterocycles. The van der Waals surface area contributed by atoms with E-state index in [1.807, 2.05) is 38.1 Å². The normalized spacial score (nSPS) is 10.7. The lowest BCUT2D eigenvalue weighted by Crippen LogP contribution is -2.24. The molecule has 0 radical (unpaired) electrons. The highest BCUT2D eigenvalue weighted by molar-refractivity contribution is 6.04. The number of ether oxygens (including phenoxy) is 2. The fourth-order valence-electron chi connectivity index (χ4n) is 2.72. The van der Waals surface area contributed by atoms with Gasteiger partial charge >= 0.3 is 0 Å². The van der Waals surface area contributed by atoms with E-state index in [-0.39, 0.29) is 6.42 Å². The molecule has 0 aliphatic rings. The number of rotatable bonds is 10. The predicted molar refractivity (Wildman–Crippen MR) is 118 cm³/mol. The molecule has 160 valence electrons. The quantitative estimate of drug-likeness (QED) is 0.268. The standard InChI is InChI=1S/C23H29N3O4/c1-5-6-11-30-20-10-8-18(13-21(20)29-4)15-24-26-23(28)14-22(27)25-19-9-7-16(2)12-17(19)3/h7-10,12-13,15H,5-6,11,14H2,1-4H3,(H,25,27)(H,26,28). The number of amides is 2. The molecule has 2 aromatic rings. The Bertz CT molecular complexity index is 909. The molecule has 0 aromatic heterocycles. The molecular weight excluding hydrogens is 382 g/mol. The molecule has 0 atom stereocenters. The van der Waals surface area contributed by atoms with Gasteiger partial charge in [-0.05, 0) is 55.7 Å². The summed E-state index contributed by atoms with van der Waals surface area (Å²) in [5.41, 5.74) is 5.83. The van der Waals surface area contributed by atoms with Crippen LogP contribution in [0.25, 0.3) is 0 Å². The Kier molecular flexibility index (Phi) is 8.87. The minimum Gasteiger partial charge on any atom is -0.493 e. The number of hydrogen-bond donors (Lipinski definition) is 2. The summed E-state index contributed by atoms with van der Waals surface area (Å²) < 4.78 is 11.0. The molecule has 7 heteroatoms. The monoisotopic (exact) mass is 411 g/mol. The van der Waals surface area contributed by atoms with Crippen molar-refractivity contribution in [3.8, 4) is 11.5 Å². The summed E-state index contributed by atoms with van der Waals surface area (Å²) in [5, 5.41) is 6.65. The molecule has 0 spiro atoms. The van der Waals surface area contributed by atoms with Gasteiger partial charge in [0, 0.05) is 5.69 Å². The van der Waals surface area contributed by atoms with E-state index in [9.17, 15) is 9.59 Å². The summed E-state index contributed by atoms with van der Waals surface area (Å²) in [5.74, 6) is 0.356. The summed E-state index contributed by atoms with van der Waals surface area (Å²) in [4.78, 5) is 24.0. The van der Waals surface area contributed by atoms with Crippen LogP contribution in [-0.2, 0) is 9.59 Å². The van der Waals surface area contributed by atoms with Crippen molar-refractivity contribution in [3.05, 3.63) is 53.1 Å². The zero-order valence-corrected chi connectivity index (χ0v) is 18.0. The van der Waals surface area contributed by atoms with Gasteiger partial charge in [0.2, 0.25) is 11.8 Å². The molecule has 0 bridgehead atoms. The predicted octanol–water partition coefficient (Wildman–Crippen LogP) is 3.97. The Morgan fingerprint density at radius 1 is 1.07 bits per heavy atom. The summed E-state index contributed by atoms with van der Waals surface area (Å²) >= 11 is 0. The molecule has 2 rings (SSSR count). The molecule has 0 saturated heterocycles. The van der Waals surface area contributed by atoms with Crippen molar-refractivity contribution in [1.29, 1.82) is 0 Å². The number of hydrazone groups is 1. The van der Waals surface area contributed by atoms with Crippen LogP contribution in [0.15, 0.2) is 41.5 Å². The van der Waals surface area contributed by atoms with Gasteiger partial charge in [-0.2, -0.15) is 5.10 Å². The second-order valence-corrected chi connectivity index (χ2v) is 6.95. The zero-order valence-electron chi connectivity index (χ0n) is 18.0. The Morgan fingerprint density at radius 2 is 1.87 bits per heavy atom. The first-order chi connectivity index (χ1) is 14.4. The molecule has 0 aliphatic carbocycles. The smallest absolute Gasteiger partial charge is 0.249 e. The van der Waals surface area contributed by atoms with Crippen LogP contribution in [0.4, 0.5) is 5.69 Å². The summed E-state index contributed by atoms with van der Waals surface area (Å²) in [7, 11) is 1.57. The molecule has 2 amide bonds. The SMILES string of the molecule is CCCCOc1ccc(C=NNC(=O)CC(=O)Nc2ccc(C)cc2C)cc1OC. The molecule has 30 heavy (non-hydrogen) atoms. The first-order valence-electron chi connectivity index (χ1n) is 9.92. The molecule has 0 heterocycles. The Balaban J connectivity index is 1.86. The number of carbonyl (C=O) groups is 2. The van der Waals surface area contributed by atoms with Gasteiger partial charge in [-0.1, -0.05) is 31.0 Å². The highest BCUT2D eigenvalue weighted by Crippen LogP contribution is 2.27. The highest BCUT2D eigenvalue weighted by atomic mass is 16.5. The second-order valence-electron chi connectivity index (χ2n) is 6.95. The maximum absolute atomic E-state index is 12.1. The lowest BCUT2D eigenvalue weighted by Gasteiger charge is -2.10. The second kappa shape index (κ2) is 11.6. The Morgan fingerprint density at radius 3 is 2.57 bits per heavy atom. The summed E-state index contributed by atoms with van der Waals surface area (Å²) in [6, 6.07) is 11.1. The molecule has 7 nitrogen and oxygen atoms in total. The minimum atomic E-state index is -0.500. The topological polar surface area (TPSA) is 89.0 Å². The average molecular weight is 412 g/mol. The van der Waals surface area contributed by atoms with Crippen molar-refractivity contribution in [2.45, 2.75) is 40.0 Å². The van der Waals surface area contributed by atoms with Gasteiger partial charge in [0.1, 0.15) is 6.42 Å². The van der Waals surface area contributed by atoms with Crippen LogP contribution in [-0.4, -0.2) is 31.7 Å². The molecule has 2 aromatic carbocycles. The van der Waals surface area contributed by atoms with Crippen LogP contribution >= 0.6 is 0 Å². The van der Waals surface area contributed by atoms with Crippen molar-refractivity contribution >= 4 is 23.7 Å². The van der Waals surface area contributed by atoms with Crippen LogP contribution in [0.2, 0.25) is 0 Å². The Labute approximate surface area is 177 Å². The maximum atomic E-state index is 12.1. The van der Waals surface area contributed by atoms with E-state index in [4.69, 9.17) is 9.47 Å². The minimum absolute atomic E-state index is 0.321. The molecular formula is C23H29N3O4. The largest absolute Gasteiger partial charge is 0.493 e. The van der Waals surface area contributed by atoms with E-state index in [1.54, 1.807) is 19.2 Å². The van der Waals surface area contributed by atoms with Gasteiger partial charge in [0.15, 0.2) is 11.5 Å². The fourth-order valence-corrected chi connectivity index (χ4v) is 2.72. The van der Waals surface area contributed by atoms with Gasteiger partial charge in [0.25, 0.3) is 0 Å². The number of benzene rings is 2. The lowest BCUT2D eigenvalue weighted by atomic mass is 10.1. The van der Waals surface area contributed by atoms with Gasteiger partial charge < -0.3 is 14.8 Å². The van der Waals surface area contributed by atoms with E-state index in [1.165, 1.54) is 6.21 Å². The van der Waals surface area contributed by atoms with Crippen LogP contribution in [0.5, 0.6) is 11.5 Å². The van der Waals surface area contributed by atoms with Crippen LogP contribution in [0, 0.1) is 13.8 Å². The van der Waals surface area contributed by atoms with Crippen LogP contribution < -0.4 is 20.2 Å². The van der Waals surface area contributed by atoms with Crippen molar-refractivity contribution in [3.63, 3.8) is 0 Å². The third-order valence-corrected chi connectivity index (χ3v) is 4.32. The van der Waals surface area contributed by atoms with E-state index in [0.717, 1.165) is 29.5 Å². The third kappa shape index (κ3) is 7.24. The lowest BCUT2D eigenvalue weighted by molar-refractivity contribution is -0.126. The van der Waals surface area contributed by atoms with Crippen molar-refractivity contribution in [1.82, 2.24) is 5.43 Å². The number of unbranched alkanes of at least 4 members (excludes halogenated alkanes) is 1. The van der Waals surface area contributed by atoms with Gasteiger partial charge in [-0.3, -0.25) is 9.59 Å². The number of carbonyl (C=O) groups excluding carboxylic acids is 2. The first-order valence-corrected chi connectivity index (χ1v) is 9.92. The van der Waals surface area contributed by atoms with Gasteiger partial charge in [-0.25, -0.2) is 5.43 Å². The molecule has 2 N–H and O–H groups in total. The fraction of sp³-hybridized carbons (Fsp3) is 0.348. The van der Waals surface area contributed by atoms with Crippen molar-refractivity contribution in [2.75, 3.05) is 19.0 Å². The van der Waals surface area contributed by atoms with Crippen molar-refractivity contribution in [2.24, 2.45) is 5.10 Å². The van der Waals surface area contributed by atoms with E-state index >= 15 is 0 Å². The van der Waals surface area contributed by atoms with Crippen molar-refractivity contribution < 1.29 is 19.1 Å². The van der Waals surface area contributed by atoms with E-state index in [0.29, 0.717) is 23.8 Å².